The molecule has 0 radical (unpaired) electrons. The van der Waals surface area contributed by atoms with E-state index in [1.54, 1.807) is 14.1 Å². The number of carbonyl (C=O) groups is 1. The first kappa shape index (κ1) is 14.1. The Morgan fingerprint density at radius 3 is 2.83 bits per heavy atom. The first-order chi connectivity index (χ1) is 8.41. The van der Waals surface area contributed by atoms with Gasteiger partial charge in [-0.2, -0.15) is 4.98 Å². The summed E-state index contributed by atoms with van der Waals surface area (Å²) in [5.74, 6) is -0.0862. The van der Waals surface area contributed by atoms with Crippen LogP contribution in [0, 0.1) is 10.1 Å². The van der Waals surface area contributed by atoms with Crippen LogP contribution >= 0.6 is 11.6 Å². The molecule has 0 saturated heterocycles. The molecule has 1 aromatic heterocycles. The summed E-state index contributed by atoms with van der Waals surface area (Å²) in [7, 11) is 3.26. The molecule has 0 atom stereocenters. The van der Waals surface area contributed by atoms with Gasteiger partial charge in [-0.3, -0.25) is 14.9 Å². The number of amides is 1. The summed E-state index contributed by atoms with van der Waals surface area (Å²) in [5.41, 5.74) is -0.281. The molecule has 1 N–H and O–H groups in total. The van der Waals surface area contributed by atoms with E-state index in [1.165, 1.54) is 4.90 Å². The highest BCUT2D eigenvalue weighted by Gasteiger charge is 2.16. The second-order valence-corrected chi connectivity index (χ2v) is 3.93. The van der Waals surface area contributed by atoms with Crippen molar-refractivity contribution in [2.24, 2.45) is 0 Å². The van der Waals surface area contributed by atoms with E-state index >= 15 is 0 Å². The van der Waals surface area contributed by atoms with Gasteiger partial charge in [0.2, 0.25) is 17.0 Å². The molecule has 1 aromatic rings. The summed E-state index contributed by atoms with van der Waals surface area (Å²) in [5, 5.41) is 13.3. The van der Waals surface area contributed by atoms with E-state index in [1.807, 2.05) is 0 Å². The number of nitro groups is 1. The monoisotopic (exact) mass is 273 g/mol. The van der Waals surface area contributed by atoms with E-state index in [9.17, 15) is 14.9 Å². The van der Waals surface area contributed by atoms with Crippen LogP contribution < -0.4 is 5.32 Å². The highest BCUT2D eigenvalue weighted by Crippen LogP contribution is 2.21. The molecule has 0 saturated carbocycles. The van der Waals surface area contributed by atoms with Gasteiger partial charge in [0.15, 0.2) is 0 Å². The van der Waals surface area contributed by atoms with Gasteiger partial charge in [-0.05, 0) is 11.6 Å². The normalized spacial score (nSPS) is 9.94. The van der Waals surface area contributed by atoms with Gasteiger partial charge in [-0.1, -0.05) is 0 Å². The van der Waals surface area contributed by atoms with Gasteiger partial charge in [0.25, 0.3) is 0 Å². The number of halogens is 1. The van der Waals surface area contributed by atoms with Crippen LogP contribution in [0.15, 0.2) is 6.20 Å². The Morgan fingerprint density at radius 1 is 1.61 bits per heavy atom. The lowest BCUT2D eigenvalue weighted by Crippen LogP contribution is -2.24. The second-order valence-electron chi connectivity index (χ2n) is 3.59. The maximum Gasteiger partial charge on any atom is 0.329 e. The Labute approximate surface area is 108 Å². The zero-order valence-corrected chi connectivity index (χ0v) is 10.6. The lowest BCUT2D eigenvalue weighted by atomic mass is 10.3. The molecular weight excluding hydrogens is 262 g/mol. The van der Waals surface area contributed by atoms with E-state index < -0.39 is 4.92 Å². The Kier molecular flexibility index (Phi) is 4.78. The molecule has 0 aliphatic carbocycles. The SMILES string of the molecule is CN(C)C(=O)CCNc1nc(Cl)ncc1[N+](=O)[O-]. The van der Waals surface area contributed by atoms with Crippen LogP contribution in [0.3, 0.4) is 0 Å². The van der Waals surface area contributed by atoms with Gasteiger partial charge in [-0.25, -0.2) is 4.98 Å². The maximum atomic E-state index is 11.3. The van der Waals surface area contributed by atoms with Crippen LogP contribution in [0.25, 0.3) is 0 Å². The van der Waals surface area contributed by atoms with Crippen LogP contribution in [0.5, 0.6) is 0 Å². The zero-order valence-electron chi connectivity index (χ0n) is 9.88. The first-order valence-electron chi connectivity index (χ1n) is 5.02. The summed E-state index contributed by atoms with van der Waals surface area (Å²) >= 11 is 5.55. The number of rotatable bonds is 5. The van der Waals surface area contributed by atoms with E-state index in [0.29, 0.717) is 0 Å². The summed E-state index contributed by atoms with van der Waals surface area (Å²) in [6.45, 7) is 0.227. The third-order valence-corrected chi connectivity index (χ3v) is 2.25. The molecule has 0 unspecified atom stereocenters. The van der Waals surface area contributed by atoms with Crippen molar-refractivity contribution < 1.29 is 9.72 Å². The van der Waals surface area contributed by atoms with Crippen molar-refractivity contribution in [3.63, 3.8) is 0 Å². The molecule has 0 aliphatic heterocycles. The van der Waals surface area contributed by atoms with Gasteiger partial charge < -0.3 is 10.2 Å². The predicted octanol–water partition coefficient (Wildman–Crippen LogP) is 0.928. The molecule has 1 rings (SSSR count). The standard InChI is InChI=1S/C9H12ClN5O3/c1-14(2)7(16)3-4-11-8-6(15(17)18)5-12-9(10)13-8/h5H,3-4H2,1-2H3,(H,11,12,13). The van der Waals surface area contributed by atoms with E-state index in [-0.39, 0.29) is 35.7 Å². The van der Waals surface area contributed by atoms with Crippen LogP contribution in [0.2, 0.25) is 5.28 Å². The van der Waals surface area contributed by atoms with E-state index in [4.69, 9.17) is 11.6 Å². The second kappa shape index (κ2) is 6.10. The molecule has 0 aromatic carbocycles. The summed E-state index contributed by atoms with van der Waals surface area (Å²) in [6.07, 6.45) is 1.22. The minimum absolute atomic E-state index is 0.00607. The van der Waals surface area contributed by atoms with Crippen molar-refractivity contribution in [2.75, 3.05) is 26.0 Å². The lowest BCUT2D eigenvalue weighted by molar-refractivity contribution is -0.384. The van der Waals surface area contributed by atoms with Crippen LogP contribution in [-0.4, -0.2) is 46.3 Å². The molecule has 1 heterocycles. The van der Waals surface area contributed by atoms with Gasteiger partial charge >= 0.3 is 5.69 Å². The molecule has 9 heteroatoms. The molecular formula is C9H12ClN5O3. The molecule has 0 spiro atoms. The highest BCUT2D eigenvalue weighted by atomic mass is 35.5. The molecule has 8 nitrogen and oxygen atoms in total. The van der Waals surface area contributed by atoms with Crippen molar-refractivity contribution in [2.45, 2.75) is 6.42 Å². The van der Waals surface area contributed by atoms with Crippen LogP contribution in [-0.2, 0) is 4.79 Å². The van der Waals surface area contributed by atoms with Gasteiger partial charge in [-0.15, -0.1) is 0 Å². The van der Waals surface area contributed by atoms with Crippen LogP contribution in [0.1, 0.15) is 6.42 Å². The fraction of sp³-hybridized carbons (Fsp3) is 0.444. The third-order valence-electron chi connectivity index (χ3n) is 2.07. The number of carbonyl (C=O) groups excluding carboxylic acids is 1. The number of aromatic nitrogens is 2. The molecule has 18 heavy (non-hydrogen) atoms. The summed E-state index contributed by atoms with van der Waals surface area (Å²) < 4.78 is 0. The van der Waals surface area contributed by atoms with Gasteiger partial charge in [0.05, 0.1) is 4.92 Å². The molecule has 0 aliphatic rings. The Bertz CT molecular complexity index is 466. The third kappa shape index (κ3) is 3.81. The highest BCUT2D eigenvalue weighted by molar-refractivity contribution is 6.28. The van der Waals surface area contributed by atoms with E-state index in [2.05, 4.69) is 15.3 Å². The maximum absolute atomic E-state index is 11.3. The number of hydrogen-bond donors (Lipinski definition) is 1. The summed E-state index contributed by atoms with van der Waals surface area (Å²) in [6, 6.07) is 0. The molecule has 0 bridgehead atoms. The van der Waals surface area contributed by atoms with Crippen molar-refractivity contribution in [3.8, 4) is 0 Å². The van der Waals surface area contributed by atoms with Gasteiger partial charge in [0.1, 0.15) is 6.20 Å². The fourth-order valence-electron chi connectivity index (χ4n) is 1.13. The minimum atomic E-state index is -0.619. The largest absolute Gasteiger partial charge is 0.364 e. The molecule has 1 amide bonds. The lowest BCUT2D eigenvalue weighted by Gasteiger charge is -2.10. The average Bonchev–Trinajstić information content (AvgIpc) is 2.28. The molecule has 0 fully saturated rings. The Balaban J connectivity index is 2.69. The number of hydrogen-bond acceptors (Lipinski definition) is 6. The zero-order chi connectivity index (χ0) is 13.7. The predicted molar refractivity (Wildman–Crippen MR) is 65.5 cm³/mol. The Hall–Kier alpha value is -1.96. The smallest absolute Gasteiger partial charge is 0.329 e. The quantitative estimate of drug-likeness (QED) is 0.486. The Morgan fingerprint density at radius 2 is 2.28 bits per heavy atom. The topological polar surface area (TPSA) is 101 Å². The average molecular weight is 274 g/mol. The number of nitrogens with zero attached hydrogens (tertiary/aromatic N) is 4. The van der Waals surface area contributed by atoms with E-state index in [0.717, 1.165) is 6.20 Å². The van der Waals surface area contributed by atoms with Crippen LogP contribution in [0.4, 0.5) is 11.5 Å². The van der Waals surface area contributed by atoms with Crippen molar-refractivity contribution in [1.82, 2.24) is 14.9 Å². The van der Waals surface area contributed by atoms with Gasteiger partial charge in [0, 0.05) is 27.1 Å². The fourth-order valence-corrected chi connectivity index (χ4v) is 1.26. The minimum Gasteiger partial charge on any atom is -0.364 e. The van der Waals surface area contributed by atoms with Crippen molar-refractivity contribution in [3.05, 3.63) is 21.6 Å². The van der Waals surface area contributed by atoms with Crippen molar-refractivity contribution in [1.29, 1.82) is 0 Å². The number of nitrogens with one attached hydrogen (secondary N) is 1. The summed E-state index contributed by atoms with van der Waals surface area (Å²) in [4.78, 5) is 30.1. The number of anilines is 1. The first-order valence-corrected chi connectivity index (χ1v) is 5.40. The van der Waals surface area contributed by atoms with Crippen molar-refractivity contribution >= 4 is 29.0 Å². The molecule has 98 valence electrons.